The predicted octanol–water partition coefficient (Wildman–Crippen LogP) is 1.89. The van der Waals surface area contributed by atoms with Gasteiger partial charge in [-0.3, -0.25) is 4.79 Å². The smallest absolute Gasteiger partial charge is 0.271 e. The number of rotatable bonds is 4. The number of nitrogens with zero attached hydrogens (tertiary/aromatic N) is 2. The Labute approximate surface area is 116 Å². The minimum atomic E-state index is -0.597. The third-order valence-corrected chi connectivity index (χ3v) is 3.51. The largest absolute Gasteiger partial charge is 0.490 e. The van der Waals surface area contributed by atoms with Gasteiger partial charge in [-0.2, -0.15) is 15.4 Å². The summed E-state index contributed by atoms with van der Waals surface area (Å²) >= 11 is 0. The Balaban J connectivity index is 1.78. The highest BCUT2D eigenvalue weighted by atomic mass is 16.5. The van der Waals surface area contributed by atoms with Gasteiger partial charge in [0.05, 0.1) is 6.10 Å². The first kappa shape index (κ1) is 12.7. The lowest BCUT2D eigenvalue weighted by atomic mass is 10.1. The lowest BCUT2D eigenvalue weighted by Crippen LogP contribution is -2.12. The van der Waals surface area contributed by atoms with Crippen LogP contribution in [0.1, 0.15) is 36.2 Å². The Hall–Kier alpha value is -2.37. The molecule has 1 aromatic heterocycles. The number of aromatic amines is 1. The van der Waals surface area contributed by atoms with Gasteiger partial charge in [-0.1, -0.05) is 0 Å². The molecule has 104 valence electrons. The summed E-state index contributed by atoms with van der Waals surface area (Å²) in [6.45, 7) is 0. The van der Waals surface area contributed by atoms with Crippen LogP contribution in [-0.4, -0.2) is 27.4 Å². The molecular formula is C14H16N4O2. The standard InChI is InChI=1S/C14H16N4O2/c15-14(19)13-12(16-18-17-13)9-5-7-11(8-6-9)20-10-3-1-2-4-10/h5-8,10H,1-4H2,(H2,15,19)(H,16,17,18). The van der Waals surface area contributed by atoms with Crippen molar-refractivity contribution in [2.24, 2.45) is 5.73 Å². The van der Waals surface area contributed by atoms with E-state index in [4.69, 9.17) is 10.5 Å². The average Bonchev–Trinajstić information content (AvgIpc) is 3.10. The molecule has 0 atom stereocenters. The molecule has 6 heteroatoms. The molecule has 0 bridgehead atoms. The van der Waals surface area contributed by atoms with Crippen LogP contribution in [0.3, 0.4) is 0 Å². The summed E-state index contributed by atoms with van der Waals surface area (Å²) in [6, 6.07) is 7.48. The first-order valence-corrected chi connectivity index (χ1v) is 6.71. The quantitative estimate of drug-likeness (QED) is 0.888. The van der Waals surface area contributed by atoms with Gasteiger partial charge in [0.15, 0.2) is 5.69 Å². The van der Waals surface area contributed by atoms with Crippen molar-refractivity contribution in [1.82, 2.24) is 15.4 Å². The van der Waals surface area contributed by atoms with Crippen LogP contribution in [0.5, 0.6) is 5.75 Å². The minimum Gasteiger partial charge on any atom is -0.490 e. The van der Waals surface area contributed by atoms with Crippen LogP contribution in [-0.2, 0) is 0 Å². The number of nitrogens with two attached hydrogens (primary N) is 1. The van der Waals surface area contributed by atoms with Crippen molar-refractivity contribution in [2.75, 3.05) is 0 Å². The van der Waals surface area contributed by atoms with E-state index in [-0.39, 0.29) is 5.69 Å². The molecule has 1 amide bonds. The monoisotopic (exact) mass is 272 g/mol. The van der Waals surface area contributed by atoms with Crippen molar-refractivity contribution in [3.63, 3.8) is 0 Å². The Kier molecular flexibility index (Phi) is 3.37. The van der Waals surface area contributed by atoms with Gasteiger partial charge < -0.3 is 10.5 Å². The topological polar surface area (TPSA) is 93.9 Å². The number of carbonyl (C=O) groups excluding carboxylic acids is 1. The van der Waals surface area contributed by atoms with E-state index >= 15 is 0 Å². The van der Waals surface area contributed by atoms with Crippen molar-refractivity contribution < 1.29 is 9.53 Å². The molecule has 0 saturated heterocycles. The Morgan fingerprint density at radius 2 is 1.90 bits per heavy atom. The molecule has 20 heavy (non-hydrogen) atoms. The third-order valence-electron chi connectivity index (χ3n) is 3.51. The summed E-state index contributed by atoms with van der Waals surface area (Å²) in [5.41, 5.74) is 6.64. The molecule has 0 radical (unpaired) electrons. The number of amides is 1. The molecule has 0 unspecified atom stereocenters. The first-order chi connectivity index (χ1) is 9.74. The lowest BCUT2D eigenvalue weighted by molar-refractivity contribution is 0.0996. The fourth-order valence-electron chi connectivity index (χ4n) is 2.49. The van der Waals surface area contributed by atoms with Crippen LogP contribution >= 0.6 is 0 Å². The van der Waals surface area contributed by atoms with E-state index in [1.807, 2.05) is 24.3 Å². The molecule has 1 heterocycles. The van der Waals surface area contributed by atoms with E-state index in [0.717, 1.165) is 24.2 Å². The summed E-state index contributed by atoms with van der Waals surface area (Å²) in [4.78, 5) is 11.2. The van der Waals surface area contributed by atoms with E-state index < -0.39 is 5.91 Å². The predicted molar refractivity (Wildman–Crippen MR) is 73.2 cm³/mol. The number of nitrogens with one attached hydrogen (secondary N) is 1. The van der Waals surface area contributed by atoms with E-state index in [1.54, 1.807) is 0 Å². The van der Waals surface area contributed by atoms with Crippen LogP contribution in [0.25, 0.3) is 11.3 Å². The van der Waals surface area contributed by atoms with E-state index in [0.29, 0.717) is 11.8 Å². The van der Waals surface area contributed by atoms with Crippen molar-refractivity contribution in [3.05, 3.63) is 30.0 Å². The average molecular weight is 272 g/mol. The maximum absolute atomic E-state index is 11.2. The first-order valence-electron chi connectivity index (χ1n) is 6.71. The Morgan fingerprint density at radius 1 is 1.20 bits per heavy atom. The van der Waals surface area contributed by atoms with Crippen molar-refractivity contribution in [2.45, 2.75) is 31.8 Å². The number of H-pyrrole nitrogens is 1. The summed E-state index contributed by atoms with van der Waals surface area (Å²) in [5.74, 6) is 0.241. The number of carbonyl (C=O) groups is 1. The zero-order valence-electron chi connectivity index (χ0n) is 11.0. The molecule has 1 fully saturated rings. The molecule has 1 aliphatic rings. The molecule has 1 aromatic carbocycles. The third kappa shape index (κ3) is 2.49. The van der Waals surface area contributed by atoms with Crippen LogP contribution in [0.15, 0.2) is 24.3 Å². The van der Waals surface area contributed by atoms with E-state index in [1.165, 1.54) is 12.8 Å². The summed E-state index contributed by atoms with van der Waals surface area (Å²) in [5, 5.41) is 10.1. The number of hydrogen-bond acceptors (Lipinski definition) is 4. The number of primary amides is 1. The molecule has 0 spiro atoms. The number of ether oxygens (including phenoxy) is 1. The molecule has 2 aromatic rings. The fraction of sp³-hybridized carbons (Fsp3) is 0.357. The van der Waals surface area contributed by atoms with Crippen LogP contribution in [0.2, 0.25) is 0 Å². The van der Waals surface area contributed by atoms with Crippen molar-refractivity contribution >= 4 is 5.91 Å². The van der Waals surface area contributed by atoms with Crippen molar-refractivity contribution in [1.29, 1.82) is 0 Å². The SMILES string of the molecule is NC(=O)c1n[nH]nc1-c1ccc(OC2CCCC2)cc1. The molecule has 1 aliphatic carbocycles. The van der Waals surface area contributed by atoms with E-state index in [9.17, 15) is 4.79 Å². The van der Waals surface area contributed by atoms with Gasteiger partial charge in [0.2, 0.25) is 0 Å². The second kappa shape index (κ2) is 5.32. The van der Waals surface area contributed by atoms with E-state index in [2.05, 4.69) is 15.4 Å². The summed E-state index contributed by atoms with van der Waals surface area (Å²) in [6.07, 6.45) is 5.05. The normalized spacial score (nSPS) is 15.4. The minimum absolute atomic E-state index is 0.148. The summed E-state index contributed by atoms with van der Waals surface area (Å²) < 4.78 is 5.89. The second-order valence-corrected chi connectivity index (χ2v) is 4.93. The highest BCUT2D eigenvalue weighted by Gasteiger charge is 2.17. The van der Waals surface area contributed by atoms with Gasteiger partial charge in [-0.15, -0.1) is 0 Å². The van der Waals surface area contributed by atoms with Gasteiger partial charge in [0, 0.05) is 5.56 Å². The zero-order chi connectivity index (χ0) is 13.9. The zero-order valence-corrected chi connectivity index (χ0v) is 11.0. The highest BCUT2D eigenvalue weighted by Crippen LogP contribution is 2.26. The van der Waals surface area contributed by atoms with Gasteiger partial charge in [0.1, 0.15) is 11.4 Å². The molecule has 0 aliphatic heterocycles. The lowest BCUT2D eigenvalue weighted by Gasteiger charge is -2.13. The van der Waals surface area contributed by atoms with Gasteiger partial charge >= 0.3 is 0 Å². The maximum Gasteiger partial charge on any atom is 0.271 e. The molecule has 3 N–H and O–H groups in total. The van der Waals surface area contributed by atoms with Crippen LogP contribution < -0.4 is 10.5 Å². The molecule has 1 saturated carbocycles. The van der Waals surface area contributed by atoms with Crippen molar-refractivity contribution in [3.8, 4) is 17.0 Å². The van der Waals surface area contributed by atoms with Gasteiger partial charge in [0.25, 0.3) is 5.91 Å². The number of benzene rings is 1. The number of aromatic nitrogens is 3. The fourth-order valence-corrected chi connectivity index (χ4v) is 2.49. The summed E-state index contributed by atoms with van der Waals surface area (Å²) in [7, 11) is 0. The van der Waals surface area contributed by atoms with Crippen LogP contribution in [0, 0.1) is 0 Å². The van der Waals surface area contributed by atoms with Gasteiger partial charge in [-0.05, 0) is 49.9 Å². The molecule has 6 nitrogen and oxygen atoms in total. The second-order valence-electron chi connectivity index (χ2n) is 4.93. The molecular weight excluding hydrogens is 256 g/mol. The maximum atomic E-state index is 11.2. The highest BCUT2D eigenvalue weighted by molar-refractivity contribution is 5.96. The Morgan fingerprint density at radius 3 is 2.55 bits per heavy atom. The van der Waals surface area contributed by atoms with Gasteiger partial charge in [-0.25, -0.2) is 0 Å². The molecule has 3 rings (SSSR count). The van der Waals surface area contributed by atoms with Crippen LogP contribution in [0.4, 0.5) is 0 Å². The Bertz CT molecular complexity index is 600. The number of hydrogen-bond donors (Lipinski definition) is 2.